The van der Waals surface area contributed by atoms with Crippen LogP contribution in [0.15, 0.2) is 60.8 Å². The Morgan fingerprint density at radius 3 is 2.36 bits per heavy atom. The maximum absolute atomic E-state index is 12.7. The highest BCUT2D eigenvalue weighted by Crippen LogP contribution is 2.35. The monoisotopic (exact) mass is 505 g/mol. The third-order valence-electron chi connectivity index (χ3n) is 7.82. The molecule has 0 radical (unpaired) electrons. The number of carbonyl (C=O) groups excluding carboxylic acids is 1. The fourth-order valence-electron chi connectivity index (χ4n) is 5.86. The zero-order valence-corrected chi connectivity index (χ0v) is 21.0. The molecule has 3 aromatic rings. The first-order valence-corrected chi connectivity index (χ1v) is 13.1. The summed E-state index contributed by atoms with van der Waals surface area (Å²) in [6.07, 6.45) is 8.83. The van der Waals surface area contributed by atoms with Crippen molar-refractivity contribution in [2.45, 2.75) is 37.6 Å². The predicted octanol–water partition coefficient (Wildman–Crippen LogP) is 5.41. The number of benzene rings is 2. The first-order valence-electron chi connectivity index (χ1n) is 12.7. The first kappa shape index (κ1) is 24.6. The van der Waals surface area contributed by atoms with Crippen molar-refractivity contribution in [3.8, 4) is 0 Å². The summed E-state index contributed by atoms with van der Waals surface area (Å²) in [5.41, 5.74) is 3.42. The highest BCUT2D eigenvalue weighted by molar-refractivity contribution is 6.30. The summed E-state index contributed by atoms with van der Waals surface area (Å²) in [6, 6.07) is 15.2. The smallest absolute Gasteiger partial charge is 0.321 e. The van der Waals surface area contributed by atoms with E-state index in [0.717, 1.165) is 37.0 Å². The molecule has 1 unspecified atom stereocenters. The molecule has 2 aliphatic rings. The Morgan fingerprint density at radius 2 is 1.67 bits per heavy atom. The maximum Gasteiger partial charge on any atom is 0.321 e. The summed E-state index contributed by atoms with van der Waals surface area (Å²) >= 11 is 5.92. The van der Waals surface area contributed by atoms with Gasteiger partial charge >= 0.3 is 5.97 Å². The molecule has 0 aliphatic carbocycles. The summed E-state index contributed by atoms with van der Waals surface area (Å²) in [4.78, 5) is 32.4. The van der Waals surface area contributed by atoms with Gasteiger partial charge in [0.2, 0.25) is 5.91 Å². The quantitative estimate of drug-likeness (QED) is 0.439. The van der Waals surface area contributed by atoms with E-state index < -0.39 is 12.0 Å². The number of hydrogen-bond donors (Lipinski definition) is 2. The zero-order valence-electron chi connectivity index (χ0n) is 20.3. The Hall–Kier alpha value is -3.09. The molecule has 0 spiro atoms. The Labute approximate surface area is 216 Å². The van der Waals surface area contributed by atoms with Crippen LogP contribution in [0.5, 0.6) is 0 Å². The van der Waals surface area contributed by atoms with Crippen LogP contribution in [0.2, 0.25) is 5.02 Å². The van der Waals surface area contributed by atoms with E-state index in [0.29, 0.717) is 36.9 Å². The van der Waals surface area contributed by atoms with Gasteiger partial charge in [-0.05, 0) is 86.0 Å². The SMILES string of the molecule is O=C(O)C(C1CCN(C(=O)C=Cc2ccc(Cl)cc2)CC1)N1CCC(c2c[nH]c3ccccc23)CC1. The van der Waals surface area contributed by atoms with Crippen LogP contribution in [-0.2, 0) is 9.59 Å². The molecule has 2 N–H and O–H groups in total. The molecule has 1 aromatic heterocycles. The van der Waals surface area contributed by atoms with Gasteiger partial charge in [0, 0.05) is 41.3 Å². The number of amides is 1. The molecule has 2 aliphatic heterocycles. The van der Waals surface area contributed by atoms with Crippen LogP contribution >= 0.6 is 11.6 Å². The molecule has 0 bridgehead atoms. The van der Waals surface area contributed by atoms with Crippen molar-refractivity contribution >= 4 is 40.5 Å². The van der Waals surface area contributed by atoms with Gasteiger partial charge in [0.05, 0.1) is 0 Å². The number of halogens is 1. The highest BCUT2D eigenvalue weighted by Gasteiger charge is 2.38. The van der Waals surface area contributed by atoms with E-state index >= 15 is 0 Å². The third-order valence-corrected chi connectivity index (χ3v) is 8.08. The van der Waals surface area contributed by atoms with Crippen LogP contribution < -0.4 is 0 Å². The van der Waals surface area contributed by atoms with Gasteiger partial charge in [0.1, 0.15) is 6.04 Å². The standard InChI is InChI=1S/C29H32ClN3O3/c30-23-8-5-20(6-9-23)7-10-27(34)32-15-13-22(14-16-32)28(29(35)36)33-17-11-21(12-18-33)25-19-31-26-4-2-1-3-24(25)26/h1-10,19,21-22,28,31H,11-18H2,(H,35,36). The second-order valence-electron chi connectivity index (χ2n) is 9.93. The van der Waals surface area contributed by atoms with E-state index in [9.17, 15) is 14.7 Å². The van der Waals surface area contributed by atoms with E-state index in [1.807, 2.05) is 23.1 Å². The van der Waals surface area contributed by atoms with Crippen LogP contribution in [0.4, 0.5) is 0 Å². The van der Waals surface area contributed by atoms with Crippen molar-refractivity contribution in [3.63, 3.8) is 0 Å². The van der Waals surface area contributed by atoms with Gasteiger partial charge in [-0.2, -0.15) is 0 Å². The highest BCUT2D eigenvalue weighted by atomic mass is 35.5. The molecule has 6 nitrogen and oxygen atoms in total. The average Bonchev–Trinajstić information content (AvgIpc) is 3.33. The Morgan fingerprint density at radius 1 is 0.972 bits per heavy atom. The van der Waals surface area contributed by atoms with Gasteiger partial charge in [0.15, 0.2) is 0 Å². The van der Waals surface area contributed by atoms with Crippen molar-refractivity contribution in [1.82, 2.24) is 14.8 Å². The van der Waals surface area contributed by atoms with Crippen LogP contribution in [0, 0.1) is 5.92 Å². The molecule has 2 saturated heterocycles. The number of aliphatic carboxylic acids is 1. The van der Waals surface area contributed by atoms with Crippen LogP contribution in [0.3, 0.4) is 0 Å². The van der Waals surface area contributed by atoms with Gasteiger partial charge in [-0.1, -0.05) is 41.9 Å². The second kappa shape index (κ2) is 10.9. The number of likely N-dealkylation sites (tertiary alicyclic amines) is 2. The van der Waals surface area contributed by atoms with Gasteiger partial charge in [-0.15, -0.1) is 0 Å². The number of H-pyrrole nitrogens is 1. The van der Waals surface area contributed by atoms with E-state index in [1.54, 1.807) is 24.3 Å². The number of carboxylic acid groups (broad SMARTS) is 1. The lowest BCUT2D eigenvalue weighted by Gasteiger charge is -2.41. The zero-order chi connectivity index (χ0) is 25.1. The van der Waals surface area contributed by atoms with Crippen molar-refractivity contribution in [2.24, 2.45) is 5.92 Å². The first-order chi connectivity index (χ1) is 17.5. The van der Waals surface area contributed by atoms with Crippen LogP contribution in [0.25, 0.3) is 17.0 Å². The van der Waals surface area contributed by atoms with Gasteiger partial charge in [-0.3, -0.25) is 14.5 Å². The summed E-state index contributed by atoms with van der Waals surface area (Å²) in [5, 5.41) is 12.1. The van der Waals surface area contributed by atoms with Crippen LogP contribution in [0.1, 0.15) is 42.7 Å². The van der Waals surface area contributed by atoms with Crippen molar-refractivity contribution in [1.29, 1.82) is 0 Å². The lowest BCUT2D eigenvalue weighted by molar-refractivity contribution is -0.147. The molecule has 188 valence electrons. The largest absolute Gasteiger partial charge is 0.480 e. The van der Waals surface area contributed by atoms with Gasteiger partial charge in [-0.25, -0.2) is 0 Å². The van der Waals surface area contributed by atoms with Gasteiger partial charge < -0.3 is 15.0 Å². The number of rotatable bonds is 6. The minimum Gasteiger partial charge on any atom is -0.480 e. The normalized spacial score (nSPS) is 19.2. The van der Waals surface area contributed by atoms with Gasteiger partial charge in [0.25, 0.3) is 0 Å². The molecule has 5 rings (SSSR count). The molecule has 1 atom stereocenters. The molecule has 1 amide bonds. The number of fused-ring (bicyclic) bond motifs is 1. The lowest BCUT2D eigenvalue weighted by atomic mass is 9.84. The van der Waals surface area contributed by atoms with Crippen molar-refractivity contribution in [2.75, 3.05) is 26.2 Å². The number of nitrogens with zero attached hydrogens (tertiary/aromatic N) is 2. The molecule has 2 aromatic carbocycles. The Bertz CT molecular complexity index is 1240. The molecule has 2 fully saturated rings. The fraction of sp³-hybridized carbons (Fsp3) is 0.379. The second-order valence-corrected chi connectivity index (χ2v) is 10.4. The molecule has 3 heterocycles. The molecule has 0 saturated carbocycles. The number of aromatic nitrogens is 1. The fourth-order valence-corrected chi connectivity index (χ4v) is 5.98. The Kier molecular flexibility index (Phi) is 7.44. The number of carboxylic acids is 1. The van der Waals surface area contributed by atoms with Crippen molar-refractivity contribution in [3.05, 3.63) is 77.0 Å². The maximum atomic E-state index is 12.7. The average molecular weight is 506 g/mol. The summed E-state index contributed by atoms with van der Waals surface area (Å²) < 4.78 is 0. The molecular weight excluding hydrogens is 474 g/mol. The molecule has 36 heavy (non-hydrogen) atoms. The van der Waals surface area contributed by atoms with E-state index in [1.165, 1.54) is 10.9 Å². The van der Waals surface area contributed by atoms with E-state index in [2.05, 4.69) is 34.3 Å². The minimum absolute atomic E-state index is 0.0326. The summed E-state index contributed by atoms with van der Waals surface area (Å²) in [6.45, 7) is 2.74. The van der Waals surface area contributed by atoms with Crippen molar-refractivity contribution < 1.29 is 14.7 Å². The number of hydrogen-bond acceptors (Lipinski definition) is 3. The van der Waals surface area contributed by atoms with E-state index in [4.69, 9.17) is 11.6 Å². The number of para-hydroxylation sites is 1. The lowest BCUT2D eigenvalue weighted by Crippen LogP contribution is -2.52. The molecule has 7 heteroatoms. The number of nitrogens with one attached hydrogen (secondary N) is 1. The summed E-state index contributed by atoms with van der Waals surface area (Å²) in [5.74, 6) is -0.280. The topological polar surface area (TPSA) is 76.6 Å². The minimum atomic E-state index is -0.743. The predicted molar refractivity (Wildman–Crippen MR) is 143 cm³/mol. The molecular formula is C29H32ClN3O3. The third kappa shape index (κ3) is 5.35. The Balaban J connectivity index is 1.16. The number of carbonyl (C=O) groups is 2. The van der Waals surface area contributed by atoms with Crippen LogP contribution in [-0.4, -0.2) is 64.0 Å². The summed E-state index contributed by atoms with van der Waals surface area (Å²) in [7, 11) is 0. The van der Waals surface area contributed by atoms with E-state index in [-0.39, 0.29) is 11.8 Å². The number of piperidine rings is 2. The number of aromatic amines is 1.